The highest BCUT2D eigenvalue weighted by molar-refractivity contribution is 5.76. The van der Waals surface area contributed by atoms with Gasteiger partial charge in [-0.05, 0) is 25.3 Å². The van der Waals surface area contributed by atoms with E-state index in [4.69, 9.17) is 4.52 Å². The van der Waals surface area contributed by atoms with Crippen LogP contribution in [0, 0.1) is 5.92 Å². The van der Waals surface area contributed by atoms with Crippen molar-refractivity contribution in [3.05, 3.63) is 18.0 Å². The second-order valence-corrected chi connectivity index (χ2v) is 5.54. The molecule has 1 aliphatic heterocycles. The van der Waals surface area contributed by atoms with Crippen molar-refractivity contribution in [2.24, 2.45) is 5.92 Å². The average molecular weight is 265 g/mol. The van der Waals surface area contributed by atoms with Gasteiger partial charge >= 0.3 is 0 Å². The smallest absolute Gasteiger partial charge is 0.223 e. The molecule has 5 nitrogen and oxygen atoms in total. The molecule has 0 spiro atoms. The lowest BCUT2D eigenvalue weighted by Gasteiger charge is -2.31. The number of hydrogen-bond acceptors (Lipinski definition) is 4. The second-order valence-electron chi connectivity index (χ2n) is 5.54. The zero-order valence-corrected chi connectivity index (χ0v) is 11.8. The summed E-state index contributed by atoms with van der Waals surface area (Å²) in [6, 6.07) is 1.79. The molecule has 2 rings (SSSR count). The summed E-state index contributed by atoms with van der Waals surface area (Å²) in [5.41, 5.74) is 0.794. The van der Waals surface area contributed by atoms with Crippen molar-refractivity contribution in [2.75, 3.05) is 26.7 Å². The summed E-state index contributed by atoms with van der Waals surface area (Å²) in [5.74, 6) is 0.929. The molecular weight excluding hydrogens is 242 g/mol. The number of likely N-dealkylation sites (tertiary alicyclic amines) is 1. The summed E-state index contributed by atoms with van der Waals surface area (Å²) in [5, 5.41) is 3.82. The van der Waals surface area contributed by atoms with Gasteiger partial charge in [0.05, 0.1) is 6.54 Å². The van der Waals surface area contributed by atoms with E-state index in [9.17, 15) is 4.79 Å². The molecule has 1 amide bonds. The van der Waals surface area contributed by atoms with Gasteiger partial charge in [0.15, 0.2) is 0 Å². The minimum atomic E-state index is 0.168. The molecule has 1 aliphatic rings. The number of carbonyl (C=O) groups is 1. The Kier molecular flexibility index (Phi) is 4.96. The van der Waals surface area contributed by atoms with Gasteiger partial charge in [0.2, 0.25) is 5.91 Å². The third-order valence-corrected chi connectivity index (χ3v) is 3.70. The van der Waals surface area contributed by atoms with Crippen LogP contribution in [0.4, 0.5) is 0 Å². The Hall–Kier alpha value is -1.36. The minimum absolute atomic E-state index is 0.168. The van der Waals surface area contributed by atoms with Crippen LogP contribution in [0.25, 0.3) is 0 Å². The Bertz CT molecular complexity index is 391. The Labute approximate surface area is 114 Å². The fourth-order valence-electron chi connectivity index (χ4n) is 2.58. The Balaban J connectivity index is 1.71. The molecule has 1 aromatic rings. The second kappa shape index (κ2) is 6.70. The standard InChI is InChI=1S/C14H23N3O2/c1-12-4-3-7-17(10-12)8-5-14(18)16(2)11-13-6-9-19-15-13/h6,9,12H,3-5,7-8,10-11H2,1-2H3. The molecule has 1 fully saturated rings. The first-order valence-electron chi connectivity index (χ1n) is 7.00. The van der Waals surface area contributed by atoms with Gasteiger partial charge < -0.3 is 14.3 Å². The van der Waals surface area contributed by atoms with Gasteiger partial charge in [-0.1, -0.05) is 12.1 Å². The highest BCUT2D eigenvalue weighted by atomic mass is 16.5. The van der Waals surface area contributed by atoms with Gasteiger partial charge in [0, 0.05) is 32.6 Å². The summed E-state index contributed by atoms with van der Waals surface area (Å²) >= 11 is 0. The van der Waals surface area contributed by atoms with E-state index in [2.05, 4.69) is 17.0 Å². The summed E-state index contributed by atoms with van der Waals surface area (Å²) in [6.07, 6.45) is 4.69. The van der Waals surface area contributed by atoms with E-state index in [0.29, 0.717) is 13.0 Å². The Morgan fingerprint density at radius 3 is 3.16 bits per heavy atom. The Morgan fingerprint density at radius 1 is 1.63 bits per heavy atom. The van der Waals surface area contributed by atoms with E-state index >= 15 is 0 Å². The van der Waals surface area contributed by atoms with Crippen molar-refractivity contribution in [3.63, 3.8) is 0 Å². The van der Waals surface area contributed by atoms with E-state index in [1.807, 2.05) is 7.05 Å². The molecule has 1 unspecified atom stereocenters. The molecule has 0 saturated carbocycles. The third kappa shape index (κ3) is 4.35. The minimum Gasteiger partial charge on any atom is -0.364 e. The third-order valence-electron chi connectivity index (χ3n) is 3.70. The predicted molar refractivity (Wildman–Crippen MR) is 72.4 cm³/mol. The molecule has 1 atom stereocenters. The molecule has 0 N–H and O–H groups in total. The van der Waals surface area contributed by atoms with E-state index < -0.39 is 0 Å². The average Bonchev–Trinajstić information content (AvgIpc) is 2.89. The number of carbonyl (C=O) groups excluding carboxylic acids is 1. The van der Waals surface area contributed by atoms with Gasteiger partial charge in [0.25, 0.3) is 0 Å². The summed E-state index contributed by atoms with van der Waals surface area (Å²) in [7, 11) is 1.82. The molecule has 5 heteroatoms. The van der Waals surface area contributed by atoms with Crippen LogP contribution in [0.5, 0.6) is 0 Å². The first-order chi connectivity index (χ1) is 9.15. The molecule has 0 bridgehead atoms. The van der Waals surface area contributed by atoms with E-state index in [0.717, 1.165) is 31.2 Å². The SMILES string of the molecule is CC1CCCN(CCC(=O)N(C)Cc2ccon2)C1. The van der Waals surface area contributed by atoms with Crippen LogP contribution in [0.15, 0.2) is 16.9 Å². The van der Waals surface area contributed by atoms with Crippen molar-refractivity contribution < 1.29 is 9.32 Å². The van der Waals surface area contributed by atoms with Crippen LogP contribution in [0.1, 0.15) is 31.9 Å². The monoisotopic (exact) mass is 265 g/mol. The van der Waals surface area contributed by atoms with E-state index in [1.165, 1.54) is 19.1 Å². The van der Waals surface area contributed by atoms with Crippen LogP contribution in [-0.2, 0) is 11.3 Å². The van der Waals surface area contributed by atoms with Crippen LogP contribution in [0.3, 0.4) is 0 Å². The maximum Gasteiger partial charge on any atom is 0.223 e. The van der Waals surface area contributed by atoms with Gasteiger partial charge in [-0.15, -0.1) is 0 Å². The fourth-order valence-corrected chi connectivity index (χ4v) is 2.58. The highest BCUT2D eigenvalue weighted by Crippen LogP contribution is 2.15. The van der Waals surface area contributed by atoms with E-state index in [1.54, 1.807) is 11.0 Å². The van der Waals surface area contributed by atoms with Crippen LogP contribution in [-0.4, -0.2) is 47.5 Å². The molecule has 2 heterocycles. The number of piperidine rings is 1. The topological polar surface area (TPSA) is 49.6 Å². The van der Waals surface area contributed by atoms with Crippen LogP contribution >= 0.6 is 0 Å². The van der Waals surface area contributed by atoms with Crippen molar-refractivity contribution in [1.82, 2.24) is 15.0 Å². The fraction of sp³-hybridized carbons (Fsp3) is 0.714. The first-order valence-corrected chi connectivity index (χ1v) is 7.00. The van der Waals surface area contributed by atoms with Crippen LogP contribution < -0.4 is 0 Å². The van der Waals surface area contributed by atoms with Crippen molar-refractivity contribution in [2.45, 2.75) is 32.7 Å². The van der Waals surface area contributed by atoms with Gasteiger partial charge in [-0.2, -0.15) is 0 Å². The number of aromatic nitrogens is 1. The maximum atomic E-state index is 12.0. The van der Waals surface area contributed by atoms with Crippen LogP contribution in [0.2, 0.25) is 0 Å². The maximum absolute atomic E-state index is 12.0. The molecule has 1 saturated heterocycles. The predicted octanol–water partition coefficient (Wildman–Crippen LogP) is 1.76. The van der Waals surface area contributed by atoms with Crippen molar-refractivity contribution in [3.8, 4) is 0 Å². The Morgan fingerprint density at radius 2 is 2.47 bits per heavy atom. The molecular formula is C14H23N3O2. The lowest BCUT2D eigenvalue weighted by Crippen LogP contribution is -2.37. The lowest BCUT2D eigenvalue weighted by molar-refractivity contribution is -0.130. The van der Waals surface area contributed by atoms with Crippen molar-refractivity contribution >= 4 is 5.91 Å². The molecule has 106 valence electrons. The lowest BCUT2D eigenvalue weighted by atomic mass is 10.0. The number of hydrogen-bond donors (Lipinski definition) is 0. The summed E-state index contributed by atoms with van der Waals surface area (Å²) in [6.45, 7) is 5.92. The quantitative estimate of drug-likeness (QED) is 0.814. The first kappa shape index (κ1) is 14.1. The summed E-state index contributed by atoms with van der Waals surface area (Å²) < 4.78 is 4.77. The zero-order valence-electron chi connectivity index (χ0n) is 11.8. The normalized spacial score (nSPS) is 20.4. The molecule has 0 aromatic carbocycles. The van der Waals surface area contributed by atoms with Gasteiger partial charge in [-0.3, -0.25) is 4.79 Å². The number of amides is 1. The molecule has 19 heavy (non-hydrogen) atoms. The zero-order chi connectivity index (χ0) is 13.7. The largest absolute Gasteiger partial charge is 0.364 e. The van der Waals surface area contributed by atoms with Gasteiger partial charge in [-0.25, -0.2) is 0 Å². The van der Waals surface area contributed by atoms with E-state index in [-0.39, 0.29) is 5.91 Å². The number of rotatable bonds is 5. The van der Waals surface area contributed by atoms with Gasteiger partial charge in [0.1, 0.15) is 12.0 Å². The number of nitrogens with zero attached hydrogens (tertiary/aromatic N) is 3. The molecule has 0 aliphatic carbocycles. The molecule has 0 radical (unpaired) electrons. The van der Waals surface area contributed by atoms with Crippen molar-refractivity contribution in [1.29, 1.82) is 0 Å². The summed E-state index contributed by atoms with van der Waals surface area (Å²) in [4.78, 5) is 16.1. The molecule has 1 aromatic heterocycles. The highest BCUT2D eigenvalue weighted by Gasteiger charge is 2.18.